The van der Waals surface area contributed by atoms with E-state index in [-0.39, 0.29) is 11.6 Å². The van der Waals surface area contributed by atoms with Gasteiger partial charge in [-0.05, 0) is 52.7 Å². The number of halogens is 2. The van der Waals surface area contributed by atoms with Crippen molar-refractivity contribution in [3.63, 3.8) is 0 Å². The summed E-state index contributed by atoms with van der Waals surface area (Å²) in [6.45, 7) is 1.79. The van der Waals surface area contributed by atoms with Crippen LogP contribution in [0, 0.1) is 12.7 Å². The standard InChI is InChI=1S/C12H8BrFO2/c1-7-4-11(14)10(13)5-9(7)12-3-2-8(6-15)16-12/h2-6H,1H3. The van der Waals surface area contributed by atoms with Crippen LogP contribution in [0.25, 0.3) is 11.3 Å². The van der Waals surface area contributed by atoms with Gasteiger partial charge in [0.25, 0.3) is 0 Å². The third kappa shape index (κ3) is 1.93. The lowest BCUT2D eigenvalue weighted by atomic mass is 10.1. The molecule has 0 spiro atoms. The van der Waals surface area contributed by atoms with E-state index in [1.165, 1.54) is 6.07 Å². The highest BCUT2D eigenvalue weighted by molar-refractivity contribution is 9.10. The van der Waals surface area contributed by atoms with Gasteiger partial charge in [0.2, 0.25) is 0 Å². The first kappa shape index (κ1) is 11.1. The second-order valence-electron chi connectivity index (χ2n) is 3.40. The lowest BCUT2D eigenvalue weighted by molar-refractivity contribution is 0.110. The number of carbonyl (C=O) groups excluding carboxylic acids is 1. The summed E-state index contributed by atoms with van der Waals surface area (Å²) < 4.78 is 18.9. The van der Waals surface area contributed by atoms with Gasteiger partial charge in [-0.3, -0.25) is 4.79 Å². The van der Waals surface area contributed by atoms with Crippen molar-refractivity contribution in [2.75, 3.05) is 0 Å². The fourth-order valence-corrected chi connectivity index (χ4v) is 1.82. The van der Waals surface area contributed by atoms with Crippen molar-refractivity contribution in [3.05, 3.63) is 45.9 Å². The smallest absolute Gasteiger partial charge is 0.185 e. The summed E-state index contributed by atoms with van der Waals surface area (Å²) in [5.74, 6) is 0.499. The van der Waals surface area contributed by atoms with E-state index in [1.807, 2.05) is 0 Å². The molecule has 0 N–H and O–H groups in total. The van der Waals surface area contributed by atoms with Crippen LogP contribution in [0.2, 0.25) is 0 Å². The van der Waals surface area contributed by atoms with E-state index in [2.05, 4.69) is 15.9 Å². The first-order valence-corrected chi connectivity index (χ1v) is 5.42. The number of benzene rings is 1. The van der Waals surface area contributed by atoms with Gasteiger partial charge in [-0.25, -0.2) is 4.39 Å². The molecule has 4 heteroatoms. The molecule has 0 amide bonds. The highest BCUT2D eigenvalue weighted by atomic mass is 79.9. The molecular weight excluding hydrogens is 275 g/mol. The van der Waals surface area contributed by atoms with Gasteiger partial charge < -0.3 is 4.42 Å². The summed E-state index contributed by atoms with van der Waals surface area (Å²) >= 11 is 3.12. The molecule has 2 rings (SSSR count). The van der Waals surface area contributed by atoms with Crippen LogP contribution >= 0.6 is 15.9 Å². The molecule has 0 aliphatic heterocycles. The molecule has 0 fully saturated rings. The van der Waals surface area contributed by atoms with E-state index in [1.54, 1.807) is 25.1 Å². The third-order valence-electron chi connectivity index (χ3n) is 2.28. The number of aldehydes is 1. The van der Waals surface area contributed by atoms with Crippen molar-refractivity contribution in [1.29, 1.82) is 0 Å². The summed E-state index contributed by atoms with van der Waals surface area (Å²) in [4.78, 5) is 10.5. The molecule has 0 atom stereocenters. The number of furan rings is 1. The van der Waals surface area contributed by atoms with Crippen LogP contribution in [0.1, 0.15) is 16.1 Å². The fourth-order valence-electron chi connectivity index (χ4n) is 1.47. The first-order chi connectivity index (χ1) is 7.61. The quantitative estimate of drug-likeness (QED) is 0.781. The molecule has 2 nitrogen and oxygen atoms in total. The Morgan fingerprint density at radius 2 is 2.12 bits per heavy atom. The van der Waals surface area contributed by atoms with Crippen LogP contribution in [-0.4, -0.2) is 6.29 Å². The lowest BCUT2D eigenvalue weighted by Gasteiger charge is -2.04. The average Bonchev–Trinajstić information content (AvgIpc) is 2.71. The molecule has 1 aromatic carbocycles. The third-order valence-corrected chi connectivity index (χ3v) is 2.88. The second kappa shape index (κ2) is 4.22. The molecule has 0 saturated heterocycles. The van der Waals surface area contributed by atoms with E-state index in [9.17, 15) is 9.18 Å². The molecule has 82 valence electrons. The first-order valence-electron chi connectivity index (χ1n) is 4.63. The summed E-state index contributed by atoms with van der Waals surface area (Å²) in [5, 5.41) is 0. The van der Waals surface area contributed by atoms with Crippen molar-refractivity contribution >= 4 is 22.2 Å². The van der Waals surface area contributed by atoms with E-state index in [0.717, 1.165) is 11.1 Å². The van der Waals surface area contributed by atoms with Crippen molar-refractivity contribution in [2.24, 2.45) is 0 Å². The van der Waals surface area contributed by atoms with Gasteiger partial charge in [-0.15, -0.1) is 0 Å². The second-order valence-corrected chi connectivity index (χ2v) is 4.26. The highest BCUT2D eigenvalue weighted by Gasteiger charge is 2.10. The number of rotatable bonds is 2. The van der Waals surface area contributed by atoms with E-state index in [0.29, 0.717) is 16.5 Å². The number of carbonyl (C=O) groups is 1. The predicted molar refractivity (Wildman–Crippen MR) is 61.9 cm³/mol. The van der Waals surface area contributed by atoms with Gasteiger partial charge in [0.15, 0.2) is 12.0 Å². The van der Waals surface area contributed by atoms with Crippen molar-refractivity contribution < 1.29 is 13.6 Å². The summed E-state index contributed by atoms with van der Waals surface area (Å²) in [6, 6.07) is 6.33. The molecular formula is C12H8BrFO2. The largest absolute Gasteiger partial charge is 0.453 e. The monoisotopic (exact) mass is 282 g/mol. The summed E-state index contributed by atoms with van der Waals surface area (Å²) in [7, 11) is 0. The Hall–Kier alpha value is -1.42. The Kier molecular flexibility index (Phi) is 2.92. The van der Waals surface area contributed by atoms with Crippen LogP contribution in [0.4, 0.5) is 4.39 Å². The van der Waals surface area contributed by atoms with Crippen molar-refractivity contribution in [1.82, 2.24) is 0 Å². The molecule has 0 unspecified atom stereocenters. The van der Waals surface area contributed by atoms with E-state index < -0.39 is 0 Å². The van der Waals surface area contributed by atoms with Crippen molar-refractivity contribution in [3.8, 4) is 11.3 Å². The lowest BCUT2D eigenvalue weighted by Crippen LogP contribution is -1.85. The maximum atomic E-state index is 13.2. The molecule has 0 bridgehead atoms. The molecule has 2 aromatic rings. The van der Waals surface area contributed by atoms with Crippen LogP contribution < -0.4 is 0 Å². The molecule has 0 saturated carbocycles. The summed E-state index contributed by atoms with van der Waals surface area (Å²) in [6.07, 6.45) is 0.636. The Morgan fingerprint density at radius 1 is 1.38 bits per heavy atom. The SMILES string of the molecule is Cc1cc(F)c(Br)cc1-c1ccc(C=O)o1. The van der Waals surface area contributed by atoms with E-state index in [4.69, 9.17) is 4.42 Å². The Morgan fingerprint density at radius 3 is 2.75 bits per heavy atom. The predicted octanol–water partition coefficient (Wildman–Crippen LogP) is 3.97. The zero-order valence-corrected chi connectivity index (χ0v) is 10.0. The molecule has 1 heterocycles. The van der Waals surface area contributed by atoms with Gasteiger partial charge in [-0.1, -0.05) is 0 Å². The molecule has 0 aliphatic carbocycles. The van der Waals surface area contributed by atoms with E-state index >= 15 is 0 Å². The Bertz CT molecular complexity index is 546. The summed E-state index contributed by atoms with van der Waals surface area (Å²) in [5.41, 5.74) is 1.52. The normalized spacial score (nSPS) is 10.4. The fraction of sp³-hybridized carbons (Fsp3) is 0.0833. The van der Waals surface area contributed by atoms with Crippen molar-refractivity contribution in [2.45, 2.75) is 6.92 Å². The highest BCUT2D eigenvalue weighted by Crippen LogP contribution is 2.29. The van der Waals surface area contributed by atoms with Crippen LogP contribution in [0.3, 0.4) is 0 Å². The number of aryl methyl sites for hydroxylation is 1. The van der Waals surface area contributed by atoms with Crippen LogP contribution in [0.5, 0.6) is 0 Å². The zero-order chi connectivity index (χ0) is 11.7. The number of hydrogen-bond donors (Lipinski definition) is 0. The molecule has 0 aliphatic rings. The zero-order valence-electron chi connectivity index (χ0n) is 8.46. The molecule has 0 radical (unpaired) electrons. The maximum absolute atomic E-state index is 13.2. The van der Waals surface area contributed by atoms with Crippen LogP contribution in [-0.2, 0) is 0 Å². The minimum absolute atomic E-state index is 0.259. The molecule has 16 heavy (non-hydrogen) atoms. The van der Waals surface area contributed by atoms with Gasteiger partial charge in [0.05, 0.1) is 4.47 Å². The van der Waals surface area contributed by atoms with Gasteiger partial charge in [-0.2, -0.15) is 0 Å². The van der Waals surface area contributed by atoms with Gasteiger partial charge in [0, 0.05) is 5.56 Å². The van der Waals surface area contributed by atoms with Gasteiger partial charge in [0.1, 0.15) is 11.6 Å². The minimum Gasteiger partial charge on any atom is -0.453 e. The van der Waals surface area contributed by atoms with Crippen LogP contribution in [0.15, 0.2) is 33.2 Å². The molecule has 1 aromatic heterocycles. The Balaban J connectivity index is 2.55. The number of hydrogen-bond acceptors (Lipinski definition) is 2. The minimum atomic E-state index is -0.316. The Labute approximate surface area is 100 Å². The van der Waals surface area contributed by atoms with Gasteiger partial charge >= 0.3 is 0 Å². The topological polar surface area (TPSA) is 30.2 Å². The maximum Gasteiger partial charge on any atom is 0.185 e. The average molecular weight is 283 g/mol.